The molecule has 2 aromatic rings. The maximum absolute atomic E-state index is 13.1. The van der Waals surface area contributed by atoms with Gasteiger partial charge in [0.1, 0.15) is 11.6 Å². The van der Waals surface area contributed by atoms with Crippen LogP contribution in [0.2, 0.25) is 15.1 Å². The van der Waals surface area contributed by atoms with Gasteiger partial charge < -0.3 is 10.1 Å². The highest BCUT2D eigenvalue weighted by Crippen LogP contribution is 2.33. The molecule has 0 aliphatic heterocycles. The fourth-order valence-corrected chi connectivity index (χ4v) is 2.61. The minimum absolute atomic E-state index is 0.0740. The van der Waals surface area contributed by atoms with Crippen LogP contribution in [0.15, 0.2) is 36.4 Å². The molecule has 7 heteroatoms. The number of carbonyl (C=O) groups excluding carboxylic acids is 1. The summed E-state index contributed by atoms with van der Waals surface area (Å²) in [5.41, 5.74) is 0.930. The molecule has 0 radical (unpaired) electrons. The Morgan fingerprint density at radius 2 is 1.91 bits per heavy atom. The van der Waals surface area contributed by atoms with Gasteiger partial charge >= 0.3 is 0 Å². The van der Waals surface area contributed by atoms with Gasteiger partial charge in [0.05, 0.1) is 17.2 Å². The number of anilines is 1. The maximum atomic E-state index is 13.1. The fourth-order valence-electron chi connectivity index (χ4n) is 1.84. The van der Waals surface area contributed by atoms with Gasteiger partial charge in [-0.15, -0.1) is 0 Å². The van der Waals surface area contributed by atoms with Crippen LogP contribution >= 0.6 is 34.8 Å². The molecule has 0 spiro atoms. The Morgan fingerprint density at radius 1 is 1.17 bits per heavy atom. The van der Waals surface area contributed by atoms with Crippen molar-refractivity contribution in [1.29, 1.82) is 0 Å². The molecule has 0 fully saturated rings. The molecule has 1 amide bonds. The predicted molar refractivity (Wildman–Crippen MR) is 92.1 cm³/mol. The Morgan fingerprint density at radius 3 is 2.57 bits per heavy atom. The van der Waals surface area contributed by atoms with Gasteiger partial charge in [-0.1, -0.05) is 34.8 Å². The molecular formula is C16H11Cl3FNO2. The van der Waals surface area contributed by atoms with Gasteiger partial charge in [-0.25, -0.2) is 4.39 Å². The smallest absolute Gasteiger partial charge is 0.248 e. The molecule has 3 nitrogen and oxygen atoms in total. The number of benzene rings is 2. The Bertz CT molecular complexity index is 778. The average Bonchev–Trinajstić information content (AvgIpc) is 2.48. The first kappa shape index (κ1) is 17.6. The summed E-state index contributed by atoms with van der Waals surface area (Å²) < 4.78 is 18.2. The summed E-state index contributed by atoms with van der Waals surface area (Å²) in [4.78, 5) is 11.9. The van der Waals surface area contributed by atoms with Crippen LogP contribution in [0.25, 0.3) is 6.08 Å². The monoisotopic (exact) mass is 373 g/mol. The van der Waals surface area contributed by atoms with Crippen LogP contribution in [-0.2, 0) is 4.79 Å². The minimum Gasteiger partial charge on any atom is -0.495 e. The van der Waals surface area contributed by atoms with E-state index in [0.29, 0.717) is 27.0 Å². The van der Waals surface area contributed by atoms with Crippen LogP contribution in [0.1, 0.15) is 5.56 Å². The summed E-state index contributed by atoms with van der Waals surface area (Å²) in [5.74, 6) is -0.575. The van der Waals surface area contributed by atoms with Gasteiger partial charge in [-0.3, -0.25) is 4.79 Å². The molecule has 2 rings (SSSR count). The molecule has 2 aromatic carbocycles. The van der Waals surface area contributed by atoms with Crippen LogP contribution < -0.4 is 10.1 Å². The van der Waals surface area contributed by atoms with Crippen molar-refractivity contribution in [3.8, 4) is 5.75 Å². The quantitative estimate of drug-likeness (QED) is 0.723. The lowest BCUT2D eigenvalue weighted by Gasteiger charge is -2.08. The maximum Gasteiger partial charge on any atom is 0.248 e. The first-order chi connectivity index (χ1) is 10.9. The molecule has 0 saturated heterocycles. The second kappa shape index (κ2) is 7.68. The first-order valence-electron chi connectivity index (χ1n) is 6.38. The van der Waals surface area contributed by atoms with Crippen LogP contribution in [0.4, 0.5) is 10.1 Å². The highest BCUT2D eigenvalue weighted by molar-refractivity contribution is 6.36. The second-order valence-electron chi connectivity index (χ2n) is 4.46. The first-order valence-corrected chi connectivity index (χ1v) is 7.51. The van der Waals surface area contributed by atoms with Crippen molar-refractivity contribution in [1.82, 2.24) is 0 Å². The number of ether oxygens (including phenoxy) is 1. The molecule has 0 bridgehead atoms. The van der Waals surface area contributed by atoms with E-state index in [2.05, 4.69) is 5.32 Å². The van der Waals surface area contributed by atoms with E-state index in [4.69, 9.17) is 39.5 Å². The van der Waals surface area contributed by atoms with Crippen molar-refractivity contribution in [3.63, 3.8) is 0 Å². The lowest BCUT2D eigenvalue weighted by molar-refractivity contribution is -0.111. The molecule has 23 heavy (non-hydrogen) atoms. The van der Waals surface area contributed by atoms with Crippen molar-refractivity contribution in [2.45, 2.75) is 0 Å². The number of halogens is 4. The molecule has 0 unspecified atom stereocenters. The van der Waals surface area contributed by atoms with E-state index in [9.17, 15) is 9.18 Å². The van der Waals surface area contributed by atoms with E-state index >= 15 is 0 Å². The van der Waals surface area contributed by atoms with Gasteiger partial charge in [-0.2, -0.15) is 0 Å². The van der Waals surface area contributed by atoms with Crippen molar-refractivity contribution in [2.24, 2.45) is 0 Å². The van der Waals surface area contributed by atoms with Gasteiger partial charge in [-0.05, 0) is 36.4 Å². The fraction of sp³-hybridized carbons (Fsp3) is 0.0625. The Kier molecular flexibility index (Phi) is 5.88. The lowest BCUT2D eigenvalue weighted by Crippen LogP contribution is -2.07. The number of hydrogen-bond donors (Lipinski definition) is 1. The zero-order valence-electron chi connectivity index (χ0n) is 11.9. The molecule has 1 N–H and O–H groups in total. The van der Waals surface area contributed by atoms with E-state index in [1.807, 2.05) is 0 Å². The Labute approximate surface area is 147 Å². The number of methoxy groups -OCH3 is 1. The predicted octanol–water partition coefficient (Wildman–Crippen LogP) is 5.45. The third-order valence-corrected chi connectivity index (χ3v) is 3.63. The van der Waals surface area contributed by atoms with E-state index in [0.717, 1.165) is 0 Å². The zero-order valence-corrected chi connectivity index (χ0v) is 14.1. The second-order valence-corrected chi connectivity index (χ2v) is 5.71. The SMILES string of the molecule is COc1c(Cl)cc(Cl)cc1/C=C/C(=O)Nc1ccc(F)c(Cl)c1. The standard InChI is InChI=1S/C16H11Cl3FNO2/c1-23-16-9(6-10(17)7-13(16)19)2-5-15(22)21-11-3-4-14(20)12(18)8-11/h2-8H,1H3,(H,21,22)/b5-2+. The van der Waals surface area contributed by atoms with Crippen molar-refractivity contribution >= 4 is 52.5 Å². The van der Waals surface area contributed by atoms with Gasteiger partial charge in [0.15, 0.2) is 0 Å². The summed E-state index contributed by atoms with van der Waals surface area (Å²) in [5, 5.41) is 3.25. The van der Waals surface area contributed by atoms with Crippen LogP contribution in [0.3, 0.4) is 0 Å². The third kappa shape index (κ3) is 4.61. The average molecular weight is 375 g/mol. The normalized spacial score (nSPS) is 10.8. The number of amides is 1. The number of hydrogen-bond acceptors (Lipinski definition) is 2. The van der Waals surface area contributed by atoms with E-state index in [1.165, 1.54) is 37.5 Å². The highest BCUT2D eigenvalue weighted by Gasteiger charge is 2.08. The van der Waals surface area contributed by atoms with E-state index in [1.54, 1.807) is 12.1 Å². The zero-order chi connectivity index (χ0) is 17.0. The lowest BCUT2D eigenvalue weighted by atomic mass is 10.2. The van der Waals surface area contributed by atoms with Crippen molar-refractivity contribution in [2.75, 3.05) is 12.4 Å². The third-order valence-electron chi connectivity index (χ3n) is 2.84. The molecule has 0 saturated carbocycles. The largest absolute Gasteiger partial charge is 0.495 e. The van der Waals surface area contributed by atoms with Crippen molar-refractivity contribution in [3.05, 3.63) is 62.9 Å². The summed E-state index contributed by atoms with van der Waals surface area (Å²) in [6, 6.07) is 7.05. The van der Waals surface area contributed by atoms with Crippen LogP contribution in [0, 0.1) is 5.82 Å². The summed E-state index contributed by atoms with van der Waals surface area (Å²) in [7, 11) is 1.47. The number of rotatable bonds is 4. The van der Waals surface area contributed by atoms with E-state index in [-0.39, 0.29) is 5.02 Å². The highest BCUT2D eigenvalue weighted by atomic mass is 35.5. The molecule has 120 valence electrons. The summed E-state index contributed by atoms with van der Waals surface area (Å²) in [6.07, 6.45) is 2.79. The van der Waals surface area contributed by atoms with E-state index < -0.39 is 11.7 Å². The van der Waals surface area contributed by atoms with Crippen LogP contribution in [-0.4, -0.2) is 13.0 Å². The van der Waals surface area contributed by atoms with Gasteiger partial charge in [0, 0.05) is 22.3 Å². The van der Waals surface area contributed by atoms with Crippen molar-refractivity contribution < 1.29 is 13.9 Å². The Balaban J connectivity index is 2.16. The topological polar surface area (TPSA) is 38.3 Å². The van der Waals surface area contributed by atoms with Gasteiger partial charge in [0.2, 0.25) is 5.91 Å². The molecule has 0 atom stereocenters. The molecule has 0 aromatic heterocycles. The van der Waals surface area contributed by atoms with Crippen LogP contribution in [0.5, 0.6) is 5.75 Å². The number of nitrogens with one attached hydrogen (secondary N) is 1. The Hall–Kier alpha value is -1.75. The molecule has 0 aliphatic carbocycles. The minimum atomic E-state index is -0.557. The molecule has 0 aliphatic rings. The summed E-state index contributed by atoms with van der Waals surface area (Å²) >= 11 is 17.6. The summed E-state index contributed by atoms with van der Waals surface area (Å²) in [6.45, 7) is 0. The number of carbonyl (C=O) groups is 1. The van der Waals surface area contributed by atoms with Gasteiger partial charge in [0.25, 0.3) is 0 Å². The molecular weight excluding hydrogens is 364 g/mol. The molecule has 0 heterocycles.